The Morgan fingerprint density at radius 3 is 2.42 bits per heavy atom. The van der Waals surface area contributed by atoms with Crippen LogP contribution in [-0.2, 0) is 0 Å². The molecule has 0 N–H and O–H groups in total. The molecule has 12 heavy (non-hydrogen) atoms. The van der Waals surface area contributed by atoms with Gasteiger partial charge < -0.3 is 0 Å². The van der Waals surface area contributed by atoms with Crippen LogP contribution in [0.15, 0.2) is 21.1 Å². The standard InChI is InChI=1S/C6H2Br2FNO2/c7-5-3(9)1-2-4(6(5)8)10(11)12/h1-2H. The summed E-state index contributed by atoms with van der Waals surface area (Å²) in [5.41, 5.74) is -0.164. The largest absolute Gasteiger partial charge is 0.284 e. The zero-order chi connectivity index (χ0) is 9.30. The van der Waals surface area contributed by atoms with E-state index < -0.39 is 10.7 Å². The molecule has 0 aliphatic heterocycles. The van der Waals surface area contributed by atoms with Gasteiger partial charge in [-0.15, -0.1) is 0 Å². The normalized spacial score (nSPS) is 9.92. The Morgan fingerprint density at radius 1 is 1.33 bits per heavy atom. The van der Waals surface area contributed by atoms with E-state index in [2.05, 4.69) is 31.9 Å². The van der Waals surface area contributed by atoms with Crippen molar-refractivity contribution < 1.29 is 9.31 Å². The Bertz CT molecular complexity index is 343. The van der Waals surface area contributed by atoms with E-state index in [0.29, 0.717) is 0 Å². The van der Waals surface area contributed by atoms with Crippen LogP contribution in [0.25, 0.3) is 0 Å². The summed E-state index contributed by atoms with van der Waals surface area (Å²) in [4.78, 5) is 9.73. The summed E-state index contributed by atoms with van der Waals surface area (Å²) >= 11 is 5.77. The molecule has 0 heterocycles. The molecule has 3 nitrogen and oxygen atoms in total. The topological polar surface area (TPSA) is 43.1 Å². The predicted octanol–water partition coefficient (Wildman–Crippen LogP) is 3.26. The van der Waals surface area contributed by atoms with Gasteiger partial charge in [-0.1, -0.05) is 0 Å². The van der Waals surface area contributed by atoms with Crippen LogP contribution in [0.2, 0.25) is 0 Å². The first-order valence-electron chi connectivity index (χ1n) is 2.82. The summed E-state index contributed by atoms with van der Waals surface area (Å²) in [6, 6.07) is 2.14. The van der Waals surface area contributed by atoms with Crippen molar-refractivity contribution >= 4 is 37.5 Å². The minimum Gasteiger partial charge on any atom is -0.258 e. The van der Waals surface area contributed by atoms with E-state index in [9.17, 15) is 14.5 Å². The molecule has 0 amide bonds. The lowest BCUT2D eigenvalue weighted by Crippen LogP contribution is -1.91. The lowest BCUT2D eigenvalue weighted by atomic mass is 10.3. The fourth-order valence-corrected chi connectivity index (χ4v) is 1.46. The number of nitrogens with zero attached hydrogens (tertiary/aromatic N) is 1. The molecule has 64 valence electrons. The van der Waals surface area contributed by atoms with E-state index in [-0.39, 0.29) is 14.6 Å². The molecule has 0 saturated carbocycles. The van der Waals surface area contributed by atoms with E-state index in [4.69, 9.17) is 0 Å². The van der Waals surface area contributed by atoms with E-state index in [1.165, 1.54) is 0 Å². The predicted molar refractivity (Wildman–Crippen MR) is 48.5 cm³/mol. The first-order valence-corrected chi connectivity index (χ1v) is 4.40. The second-order valence-electron chi connectivity index (χ2n) is 1.95. The number of hydrogen-bond donors (Lipinski definition) is 0. The van der Waals surface area contributed by atoms with Gasteiger partial charge in [0.05, 0.1) is 9.40 Å². The lowest BCUT2D eigenvalue weighted by Gasteiger charge is -1.98. The third kappa shape index (κ3) is 1.64. The van der Waals surface area contributed by atoms with E-state index in [1.807, 2.05) is 0 Å². The maximum Gasteiger partial charge on any atom is 0.284 e. The van der Waals surface area contributed by atoms with Crippen molar-refractivity contribution in [2.24, 2.45) is 0 Å². The number of nitro groups is 1. The summed E-state index contributed by atoms with van der Waals surface area (Å²) in [6.45, 7) is 0. The third-order valence-corrected chi connectivity index (χ3v) is 3.32. The SMILES string of the molecule is O=[N+]([O-])c1ccc(F)c(Br)c1Br. The van der Waals surface area contributed by atoms with Crippen LogP contribution in [0.1, 0.15) is 0 Å². The second-order valence-corrected chi connectivity index (χ2v) is 3.54. The minimum atomic E-state index is -0.589. The van der Waals surface area contributed by atoms with Gasteiger partial charge in [0.1, 0.15) is 10.3 Å². The van der Waals surface area contributed by atoms with Gasteiger partial charge in [0, 0.05) is 6.07 Å². The molecule has 6 heteroatoms. The third-order valence-electron chi connectivity index (χ3n) is 1.21. The van der Waals surface area contributed by atoms with Gasteiger partial charge in [0.25, 0.3) is 5.69 Å². The molecule has 0 saturated heterocycles. The number of hydrogen-bond acceptors (Lipinski definition) is 2. The number of rotatable bonds is 1. The molecule has 0 radical (unpaired) electrons. The first-order chi connectivity index (χ1) is 5.54. The van der Waals surface area contributed by atoms with Crippen molar-refractivity contribution in [2.45, 2.75) is 0 Å². The number of nitro benzene ring substituents is 1. The Kier molecular flexibility index (Phi) is 2.79. The molecule has 0 spiro atoms. The van der Waals surface area contributed by atoms with Crippen LogP contribution in [0, 0.1) is 15.9 Å². The molecule has 0 aliphatic rings. The fraction of sp³-hybridized carbons (Fsp3) is 0. The maximum atomic E-state index is 12.7. The second kappa shape index (κ2) is 3.49. The van der Waals surface area contributed by atoms with E-state index >= 15 is 0 Å². The van der Waals surface area contributed by atoms with Gasteiger partial charge in [-0.3, -0.25) is 10.1 Å². The molecular weight excluding hydrogens is 297 g/mol. The zero-order valence-corrected chi connectivity index (χ0v) is 8.72. The summed E-state index contributed by atoms with van der Waals surface area (Å²) in [7, 11) is 0. The van der Waals surface area contributed by atoms with Crippen molar-refractivity contribution in [2.75, 3.05) is 0 Å². The molecular formula is C6H2Br2FNO2. The highest BCUT2D eigenvalue weighted by molar-refractivity contribution is 9.13. The minimum absolute atomic E-state index is 0.0664. The highest BCUT2D eigenvalue weighted by atomic mass is 79.9. The zero-order valence-electron chi connectivity index (χ0n) is 5.55. The Hall–Kier alpha value is -0.490. The summed E-state index contributed by atoms with van der Waals surface area (Å²) in [6.07, 6.45) is 0. The van der Waals surface area contributed by atoms with Crippen molar-refractivity contribution in [1.82, 2.24) is 0 Å². The molecule has 0 aliphatic carbocycles. The number of benzene rings is 1. The van der Waals surface area contributed by atoms with Crippen LogP contribution < -0.4 is 0 Å². The maximum absolute atomic E-state index is 12.7. The van der Waals surface area contributed by atoms with Gasteiger partial charge in [-0.25, -0.2) is 4.39 Å². The molecule has 1 rings (SSSR count). The smallest absolute Gasteiger partial charge is 0.258 e. The highest BCUT2D eigenvalue weighted by Crippen LogP contribution is 2.33. The molecule has 0 atom stereocenters. The highest BCUT2D eigenvalue weighted by Gasteiger charge is 2.16. The molecule has 1 aromatic rings. The van der Waals surface area contributed by atoms with E-state index in [1.54, 1.807) is 0 Å². The van der Waals surface area contributed by atoms with Crippen LogP contribution in [-0.4, -0.2) is 4.92 Å². The van der Waals surface area contributed by atoms with Crippen LogP contribution in [0.3, 0.4) is 0 Å². The number of halogens is 3. The average molecular weight is 299 g/mol. The van der Waals surface area contributed by atoms with Crippen LogP contribution in [0.4, 0.5) is 10.1 Å². The summed E-state index contributed by atoms with van der Waals surface area (Å²) < 4.78 is 12.9. The van der Waals surface area contributed by atoms with Crippen LogP contribution >= 0.6 is 31.9 Å². The van der Waals surface area contributed by atoms with Gasteiger partial charge >= 0.3 is 0 Å². The Labute approximate surface area is 84.0 Å². The Balaban J connectivity index is 3.36. The first kappa shape index (κ1) is 9.60. The average Bonchev–Trinajstić information content (AvgIpc) is 2.00. The molecule has 0 aromatic heterocycles. The van der Waals surface area contributed by atoms with E-state index in [0.717, 1.165) is 12.1 Å². The molecule has 1 aromatic carbocycles. The van der Waals surface area contributed by atoms with Crippen molar-refractivity contribution in [3.63, 3.8) is 0 Å². The van der Waals surface area contributed by atoms with Crippen molar-refractivity contribution in [3.8, 4) is 0 Å². The van der Waals surface area contributed by atoms with Crippen molar-refractivity contribution in [1.29, 1.82) is 0 Å². The summed E-state index contributed by atoms with van der Waals surface area (Å²) in [5, 5.41) is 10.3. The Morgan fingerprint density at radius 2 is 1.92 bits per heavy atom. The van der Waals surface area contributed by atoms with Crippen LogP contribution in [0.5, 0.6) is 0 Å². The molecule has 0 unspecified atom stereocenters. The quantitative estimate of drug-likeness (QED) is 0.454. The molecule has 0 fully saturated rings. The van der Waals surface area contributed by atoms with Gasteiger partial charge in [-0.2, -0.15) is 0 Å². The summed E-state index contributed by atoms with van der Waals surface area (Å²) in [5.74, 6) is -0.535. The monoisotopic (exact) mass is 297 g/mol. The lowest BCUT2D eigenvalue weighted by molar-refractivity contribution is -0.385. The van der Waals surface area contributed by atoms with Gasteiger partial charge in [0.15, 0.2) is 0 Å². The van der Waals surface area contributed by atoms with Crippen molar-refractivity contribution in [3.05, 3.63) is 37.0 Å². The molecule has 0 bridgehead atoms. The van der Waals surface area contributed by atoms with Gasteiger partial charge in [0.2, 0.25) is 0 Å². The van der Waals surface area contributed by atoms with Gasteiger partial charge in [-0.05, 0) is 37.9 Å². The fourth-order valence-electron chi connectivity index (χ4n) is 0.657.